The molecule has 0 unspecified atom stereocenters. The standard InChI is InChI=1S/C18H16ClF3N2O/c1-17(2,25)9-24-10-23-15-7-11(3-6-16(15)24)13-5-4-12(8-14(13)19)18(20,21)22/h3-8,10,25H,9H2,1-2H3. The molecular formula is C18H16ClF3N2O. The van der Waals surface area contributed by atoms with Crippen LogP contribution >= 0.6 is 11.6 Å². The molecular weight excluding hydrogens is 353 g/mol. The van der Waals surface area contributed by atoms with Gasteiger partial charge in [0.05, 0.1) is 35.1 Å². The van der Waals surface area contributed by atoms with Gasteiger partial charge in [-0.05, 0) is 43.7 Å². The van der Waals surface area contributed by atoms with E-state index in [9.17, 15) is 18.3 Å². The molecule has 7 heteroatoms. The summed E-state index contributed by atoms with van der Waals surface area (Å²) in [6.45, 7) is 3.79. The minimum atomic E-state index is -4.43. The van der Waals surface area contributed by atoms with Crippen molar-refractivity contribution < 1.29 is 18.3 Å². The van der Waals surface area contributed by atoms with Gasteiger partial charge in [0, 0.05) is 10.6 Å². The van der Waals surface area contributed by atoms with Crippen LogP contribution in [0.25, 0.3) is 22.2 Å². The highest BCUT2D eigenvalue weighted by molar-refractivity contribution is 6.33. The molecule has 2 aromatic carbocycles. The summed E-state index contributed by atoms with van der Waals surface area (Å²) in [5, 5.41) is 9.98. The van der Waals surface area contributed by atoms with Gasteiger partial charge in [0.2, 0.25) is 0 Å². The van der Waals surface area contributed by atoms with Gasteiger partial charge in [-0.25, -0.2) is 4.98 Å². The molecule has 132 valence electrons. The number of rotatable bonds is 3. The lowest BCUT2D eigenvalue weighted by Crippen LogP contribution is -2.25. The largest absolute Gasteiger partial charge is 0.416 e. The number of alkyl halides is 3. The highest BCUT2D eigenvalue weighted by Gasteiger charge is 2.31. The third-order valence-electron chi connectivity index (χ3n) is 3.79. The fraction of sp³-hybridized carbons (Fsp3) is 0.278. The van der Waals surface area contributed by atoms with Gasteiger partial charge < -0.3 is 9.67 Å². The molecule has 1 heterocycles. The summed E-state index contributed by atoms with van der Waals surface area (Å²) in [4.78, 5) is 4.30. The first-order chi connectivity index (χ1) is 11.5. The van der Waals surface area contributed by atoms with E-state index in [1.165, 1.54) is 6.07 Å². The Morgan fingerprint density at radius 1 is 1.12 bits per heavy atom. The van der Waals surface area contributed by atoms with Crippen molar-refractivity contribution in [2.45, 2.75) is 32.2 Å². The van der Waals surface area contributed by atoms with E-state index in [1.54, 1.807) is 32.3 Å². The second kappa shape index (κ2) is 6.04. The monoisotopic (exact) mass is 368 g/mol. The summed E-state index contributed by atoms with van der Waals surface area (Å²) in [5.74, 6) is 0. The van der Waals surface area contributed by atoms with Crippen molar-refractivity contribution in [1.82, 2.24) is 9.55 Å². The van der Waals surface area contributed by atoms with E-state index in [-0.39, 0.29) is 5.02 Å². The summed E-state index contributed by atoms with van der Waals surface area (Å²) in [6, 6.07) is 8.66. The fourth-order valence-corrected chi connectivity index (χ4v) is 2.99. The van der Waals surface area contributed by atoms with Crippen LogP contribution in [0.3, 0.4) is 0 Å². The number of aliphatic hydroxyl groups is 1. The quantitative estimate of drug-likeness (QED) is 0.694. The van der Waals surface area contributed by atoms with Crippen molar-refractivity contribution >= 4 is 22.6 Å². The molecule has 0 bridgehead atoms. The molecule has 1 N–H and O–H groups in total. The lowest BCUT2D eigenvalue weighted by Gasteiger charge is -2.18. The van der Waals surface area contributed by atoms with Gasteiger partial charge in [0.1, 0.15) is 0 Å². The van der Waals surface area contributed by atoms with Gasteiger partial charge in [-0.1, -0.05) is 23.7 Å². The molecule has 3 aromatic rings. The van der Waals surface area contributed by atoms with Crippen LogP contribution in [0.1, 0.15) is 19.4 Å². The number of imidazole rings is 1. The minimum Gasteiger partial charge on any atom is -0.389 e. The number of hydrogen-bond donors (Lipinski definition) is 1. The smallest absolute Gasteiger partial charge is 0.389 e. The first kappa shape index (κ1) is 17.8. The second-order valence-corrected chi connectivity index (χ2v) is 6.99. The zero-order valence-corrected chi connectivity index (χ0v) is 14.4. The third-order valence-corrected chi connectivity index (χ3v) is 4.10. The van der Waals surface area contributed by atoms with Crippen molar-refractivity contribution in [3.05, 3.63) is 53.3 Å². The lowest BCUT2D eigenvalue weighted by molar-refractivity contribution is -0.137. The summed E-state index contributed by atoms with van der Waals surface area (Å²) in [7, 11) is 0. The molecule has 0 aliphatic rings. The van der Waals surface area contributed by atoms with E-state index in [0.717, 1.165) is 17.6 Å². The Bertz CT molecular complexity index is 926. The molecule has 3 nitrogen and oxygen atoms in total. The molecule has 0 saturated heterocycles. The molecule has 3 rings (SSSR count). The van der Waals surface area contributed by atoms with E-state index in [4.69, 9.17) is 11.6 Å². The fourth-order valence-electron chi connectivity index (χ4n) is 2.70. The van der Waals surface area contributed by atoms with Crippen LogP contribution in [-0.2, 0) is 12.7 Å². The van der Waals surface area contributed by atoms with Crippen molar-refractivity contribution in [2.24, 2.45) is 0 Å². The molecule has 0 saturated carbocycles. The Morgan fingerprint density at radius 3 is 2.44 bits per heavy atom. The van der Waals surface area contributed by atoms with Crippen LogP contribution < -0.4 is 0 Å². The van der Waals surface area contributed by atoms with E-state index >= 15 is 0 Å². The zero-order valence-electron chi connectivity index (χ0n) is 13.6. The van der Waals surface area contributed by atoms with Gasteiger partial charge in [0.15, 0.2) is 0 Å². The topological polar surface area (TPSA) is 38.0 Å². The molecule has 0 atom stereocenters. The lowest BCUT2D eigenvalue weighted by atomic mass is 10.0. The van der Waals surface area contributed by atoms with Gasteiger partial charge in [-0.2, -0.15) is 13.2 Å². The summed E-state index contributed by atoms with van der Waals surface area (Å²) >= 11 is 6.05. The van der Waals surface area contributed by atoms with E-state index < -0.39 is 17.3 Å². The number of benzene rings is 2. The van der Waals surface area contributed by atoms with Crippen LogP contribution in [0.4, 0.5) is 13.2 Å². The Kier molecular flexibility index (Phi) is 4.29. The Labute approximate surface area is 147 Å². The minimum absolute atomic E-state index is 0.0325. The van der Waals surface area contributed by atoms with Gasteiger partial charge in [-0.15, -0.1) is 0 Å². The Morgan fingerprint density at radius 2 is 1.84 bits per heavy atom. The molecule has 25 heavy (non-hydrogen) atoms. The van der Waals surface area contributed by atoms with Crippen LogP contribution in [0.2, 0.25) is 5.02 Å². The first-order valence-corrected chi connectivity index (χ1v) is 7.97. The number of aromatic nitrogens is 2. The van der Waals surface area contributed by atoms with E-state index in [0.29, 0.717) is 23.2 Å². The zero-order chi connectivity index (χ0) is 18.4. The van der Waals surface area contributed by atoms with Crippen LogP contribution in [0.15, 0.2) is 42.7 Å². The summed E-state index contributed by atoms with van der Waals surface area (Å²) in [5.41, 5.74) is 1.03. The molecule has 0 radical (unpaired) electrons. The van der Waals surface area contributed by atoms with Gasteiger partial charge in [0.25, 0.3) is 0 Å². The van der Waals surface area contributed by atoms with Crippen LogP contribution in [0, 0.1) is 0 Å². The number of fused-ring (bicyclic) bond motifs is 1. The maximum atomic E-state index is 12.8. The third kappa shape index (κ3) is 3.80. The van der Waals surface area contributed by atoms with E-state index in [1.807, 2.05) is 10.6 Å². The molecule has 1 aromatic heterocycles. The van der Waals surface area contributed by atoms with Crippen LogP contribution in [0.5, 0.6) is 0 Å². The number of hydrogen-bond acceptors (Lipinski definition) is 2. The van der Waals surface area contributed by atoms with Crippen LogP contribution in [-0.4, -0.2) is 20.3 Å². The average molecular weight is 369 g/mol. The van der Waals surface area contributed by atoms with Crippen molar-refractivity contribution in [1.29, 1.82) is 0 Å². The van der Waals surface area contributed by atoms with Crippen molar-refractivity contribution in [3.8, 4) is 11.1 Å². The summed E-state index contributed by atoms with van der Waals surface area (Å²) < 4.78 is 40.1. The highest BCUT2D eigenvalue weighted by Crippen LogP contribution is 2.36. The van der Waals surface area contributed by atoms with Gasteiger partial charge in [-0.3, -0.25) is 0 Å². The SMILES string of the molecule is CC(C)(O)Cn1cnc2cc(-c3ccc(C(F)(F)F)cc3Cl)ccc21. The predicted octanol–water partition coefficient (Wildman–Crippen LogP) is 5.15. The number of halogens is 4. The normalized spacial score (nSPS) is 12.8. The molecule has 0 aliphatic carbocycles. The van der Waals surface area contributed by atoms with Crippen molar-refractivity contribution in [2.75, 3.05) is 0 Å². The maximum absolute atomic E-state index is 12.8. The van der Waals surface area contributed by atoms with Crippen molar-refractivity contribution in [3.63, 3.8) is 0 Å². The molecule has 0 amide bonds. The second-order valence-electron chi connectivity index (χ2n) is 6.58. The molecule has 0 fully saturated rings. The maximum Gasteiger partial charge on any atom is 0.416 e. The number of nitrogens with zero attached hydrogens (tertiary/aromatic N) is 2. The summed E-state index contributed by atoms with van der Waals surface area (Å²) in [6.07, 6.45) is -2.80. The van der Waals surface area contributed by atoms with E-state index in [2.05, 4.69) is 4.98 Å². The highest BCUT2D eigenvalue weighted by atomic mass is 35.5. The van der Waals surface area contributed by atoms with Gasteiger partial charge >= 0.3 is 6.18 Å². The first-order valence-electron chi connectivity index (χ1n) is 7.59. The molecule has 0 spiro atoms. The Hall–Kier alpha value is -2.05. The predicted molar refractivity (Wildman–Crippen MR) is 91.5 cm³/mol. The average Bonchev–Trinajstić information content (AvgIpc) is 2.86. The molecule has 0 aliphatic heterocycles. The Balaban J connectivity index is 2.00.